The molecule has 0 atom stereocenters. The lowest BCUT2D eigenvalue weighted by atomic mass is 10.2. The van der Waals surface area contributed by atoms with Gasteiger partial charge in [0, 0.05) is 37.3 Å². The molecule has 8 heteroatoms. The van der Waals surface area contributed by atoms with E-state index in [-0.39, 0.29) is 17.5 Å². The Morgan fingerprint density at radius 2 is 1.65 bits per heavy atom. The van der Waals surface area contributed by atoms with Crippen molar-refractivity contribution >= 4 is 33.1 Å². The van der Waals surface area contributed by atoms with Crippen molar-refractivity contribution in [1.29, 1.82) is 0 Å². The number of amides is 1. The van der Waals surface area contributed by atoms with Gasteiger partial charge in [0.15, 0.2) is 0 Å². The van der Waals surface area contributed by atoms with Crippen molar-refractivity contribution in [3.05, 3.63) is 71.0 Å². The van der Waals surface area contributed by atoms with E-state index < -0.39 is 0 Å². The van der Waals surface area contributed by atoms with Gasteiger partial charge < -0.3 is 14.9 Å². The zero-order valence-corrected chi connectivity index (χ0v) is 17.8. The van der Waals surface area contributed by atoms with E-state index in [2.05, 4.69) is 10.00 Å². The van der Waals surface area contributed by atoms with E-state index in [1.165, 1.54) is 23.5 Å². The minimum absolute atomic E-state index is 0.0246. The second-order valence-corrected chi connectivity index (χ2v) is 8.63. The molecule has 31 heavy (non-hydrogen) atoms. The maximum Gasteiger partial charge on any atom is 0.264 e. The molecule has 6 nitrogen and oxygen atoms in total. The third-order valence-electron chi connectivity index (χ3n) is 5.61. The molecule has 1 aliphatic rings. The molecule has 4 aromatic rings. The highest BCUT2D eigenvalue weighted by molar-refractivity contribution is 7.20. The van der Waals surface area contributed by atoms with Crippen molar-refractivity contribution in [2.45, 2.75) is 6.92 Å². The number of benzene rings is 2. The van der Waals surface area contributed by atoms with E-state index in [1.807, 2.05) is 30.0 Å². The summed E-state index contributed by atoms with van der Waals surface area (Å²) in [4.78, 5) is 18.8. The molecule has 3 heterocycles. The number of aromatic nitrogens is 2. The van der Waals surface area contributed by atoms with Crippen LogP contribution in [0.2, 0.25) is 0 Å². The first-order valence-electron chi connectivity index (χ1n) is 10.1. The van der Waals surface area contributed by atoms with E-state index in [1.54, 1.807) is 28.9 Å². The molecule has 1 saturated heterocycles. The van der Waals surface area contributed by atoms with Crippen LogP contribution in [-0.2, 0) is 0 Å². The quantitative estimate of drug-likeness (QED) is 0.523. The highest BCUT2D eigenvalue weighted by Crippen LogP contribution is 2.31. The molecule has 0 radical (unpaired) electrons. The molecule has 0 aliphatic carbocycles. The van der Waals surface area contributed by atoms with Gasteiger partial charge in [-0.3, -0.25) is 4.79 Å². The number of aryl methyl sites for hydroxylation is 1. The summed E-state index contributed by atoms with van der Waals surface area (Å²) in [5.74, 6) is -0.0224. The second-order valence-electron chi connectivity index (χ2n) is 7.60. The molecule has 0 bridgehead atoms. The van der Waals surface area contributed by atoms with Gasteiger partial charge in [-0.1, -0.05) is 0 Å². The van der Waals surface area contributed by atoms with Crippen LogP contribution in [-0.4, -0.2) is 51.9 Å². The van der Waals surface area contributed by atoms with Gasteiger partial charge in [-0.15, -0.1) is 11.3 Å². The molecule has 5 rings (SSSR count). The van der Waals surface area contributed by atoms with E-state index in [0.717, 1.165) is 40.4 Å². The standard InChI is InChI=1S/C23H21FN4O2S/c1-15-20-14-21(31-23(20)28(25-15)18-4-2-16(24)3-5-18)22(30)27-12-10-26(11-13-27)17-6-8-19(29)9-7-17/h2-9,14,29H,10-13H2,1H3. The summed E-state index contributed by atoms with van der Waals surface area (Å²) in [6.07, 6.45) is 0. The van der Waals surface area contributed by atoms with Gasteiger partial charge in [-0.25, -0.2) is 9.07 Å². The fourth-order valence-electron chi connectivity index (χ4n) is 3.90. The number of halogens is 1. The SMILES string of the molecule is Cc1nn(-c2ccc(F)cc2)c2sc(C(=O)N3CCN(c4ccc(O)cc4)CC3)cc12. The first-order valence-corrected chi connectivity index (χ1v) is 10.9. The minimum Gasteiger partial charge on any atom is -0.508 e. The molecule has 0 unspecified atom stereocenters. The fraction of sp³-hybridized carbons (Fsp3) is 0.217. The summed E-state index contributed by atoms with van der Waals surface area (Å²) in [6.45, 7) is 4.67. The zero-order valence-electron chi connectivity index (χ0n) is 17.0. The van der Waals surface area contributed by atoms with Crippen LogP contribution in [0.4, 0.5) is 10.1 Å². The maximum absolute atomic E-state index is 13.3. The number of hydrogen-bond donors (Lipinski definition) is 1. The number of anilines is 1. The Morgan fingerprint density at radius 3 is 2.32 bits per heavy atom. The Balaban J connectivity index is 1.35. The van der Waals surface area contributed by atoms with Crippen molar-refractivity contribution in [3.8, 4) is 11.4 Å². The summed E-state index contributed by atoms with van der Waals surface area (Å²) in [5, 5.41) is 15.0. The molecule has 1 amide bonds. The number of phenols is 1. The summed E-state index contributed by atoms with van der Waals surface area (Å²) in [7, 11) is 0. The summed E-state index contributed by atoms with van der Waals surface area (Å²) < 4.78 is 15.1. The third kappa shape index (κ3) is 3.63. The highest BCUT2D eigenvalue weighted by Gasteiger charge is 2.25. The van der Waals surface area contributed by atoms with Crippen LogP contribution in [0.5, 0.6) is 5.75 Å². The van der Waals surface area contributed by atoms with Crippen molar-refractivity contribution in [2.75, 3.05) is 31.1 Å². The number of hydrogen-bond acceptors (Lipinski definition) is 5. The van der Waals surface area contributed by atoms with Crippen molar-refractivity contribution in [2.24, 2.45) is 0 Å². The molecular weight excluding hydrogens is 415 g/mol. The van der Waals surface area contributed by atoms with Gasteiger partial charge in [-0.2, -0.15) is 5.10 Å². The van der Waals surface area contributed by atoms with Gasteiger partial charge in [-0.05, 0) is 61.5 Å². The summed E-state index contributed by atoms with van der Waals surface area (Å²) >= 11 is 1.42. The van der Waals surface area contributed by atoms with Crippen molar-refractivity contribution < 1.29 is 14.3 Å². The zero-order chi connectivity index (χ0) is 21.5. The lowest BCUT2D eigenvalue weighted by Gasteiger charge is -2.36. The van der Waals surface area contributed by atoms with Crippen LogP contribution in [0, 0.1) is 12.7 Å². The molecule has 2 aromatic heterocycles. The monoisotopic (exact) mass is 436 g/mol. The number of rotatable bonds is 3. The minimum atomic E-state index is -0.294. The number of piperazine rings is 1. The van der Waals surface area contributed by atoms with Gasteiger partial charge in [0.2, 0.25) is 0 Å². The molecule has 2 aromatic carbocycles. The van der Waals surface area contributed by atoms with Crippen LogP contribution < -0.4 is 4.90 Å². The largest absolute Gasteiger partial charge is 0.508 e. The molecule has 1 aliphatic heterocycles. The summed E-state index contributed by atoms with van der Waals surface area (Å²) in [5.41, 5.74) is 2.65. The maximum atomic E-state index is 13.3. The number of fused-ring (bicyclic) bond motifs is 1. The number of thiophene rings is 1. The Hall–Kier alpha value is -3.39. The second kappa shape index (κ2) is 7.70. The average Bonchev–Trinajstić information content (AvgIpc) is 3.35. The van der Waals surface area contributed by atoms with Crippen LogP contribution in [0.3, 0.4) is 0 Å². The molecule has 158 valence electrons. The smallest absolute Gasteiger partial charge is 0.264 e. The lowest BCUT2D eigenvalue weighted by Crippen LogP contribution is -2.48. The predicted molar refractivity (Wildman–Crippen MR) is 120 cm³/mol. The molecule has 0 spiro atoms. The number of carbonyl (C=O) groups excluding carboxylic acids is 1. The lowest BCUT2D eigenvalue weighted by molar-refractivity contribution is 0.0751. The number of aromatic hydroxyl groups is 1. The normalized spacial score (nSPS) is 14.4. The Morgan fingerprint density at radius 1 is 1.00 bits per heavy atom. The fourth-order valence-corrected chi connectivity index (χ4v) is 5.05. The van der Waals surface area contributed by atoms with Gasteiger partial charge in [0.05, 0.1) is 16.3 Å². The van der Waals surface area contributed by atoms with Crippen LogP contribution in [0.15, 0.2) is 54.6 Å². The van der Waals surface area contributed by atoms with Crippen LogP contribution in [0.1, 0.15) is 15.4 Å². The first kappa shape index (κ1) is 19.6. The van der Waals surface area contributed by atoms with Crippen molar-refractivity contribution in [1.82, 2.24) is 14.7 Å². The van der Waals surface area contributed by atoms with E-state index in [4.69, 9.17) is 0 Å². The number of phenolic OH excluding ortho intramolecular Hbond substituents is 1. The molecule has 1 N–H and O–H groups in total. The van der Waals surface area contributed by atoms with Crippen molar-refractivity contribution in [3.63, 3.8) is 0 Å². The average molecular weight is 437 g/mol. The predicted octanol–water partition coefficient (Wildman–Crippen LogP) is 4.20. The summed E-state index contributed by atoms with van der Waals surface area (Å²) in [6, 6.07) is 15.2. The van der Waals surface area contributed by atoms with Gasteiger partial charge >= 0.3 is 0 Å². The van der Waals surface area contributed by atoms with E-state index in [0.29, 0.717) is 18.0 Å². The van der Waals surface area contributed by atoms with Gasteiger partial charge in [0.25, 0.3) is 5.91 Å². The third-order valence-corrected chi connectivity index (χ3v) is 6.71. The Kier molecular flexibility index (Phi) is 4.86. The topological polar surface area (TPSA) is 61.6 Å². The molecular formula is C23H21FN4O2S. The molecule has 1 fully saturated rings. The van der Waals surface area contributed by atoms with E-state index >= 15 is 0 Å². The molecule has 0 saturated carbocycles. The Bertz CT molecular complexity index is 1240. The Labute approximate surface area is 182 Å². The highest BCUT2D eigenvalue weighted by atomic mass is 32.1. The first-order chi connectivity index (χ1) is 15.0. The van der Waals surface area contributed by atoms with Crippen LogP contribution in [0.25, 0.3) is 15.9 Å². The number of nitrogens with zero attached hydrogens (tertiary/aromatic N) is 4. The van der Waals surface area contributed by atoms with E-state index in [9.17, 15) is 14.3 Å². The van der Waals surface area contributed by atoms with Crippen LogP contribution >= 0.6 is 11.3 Å². The van der Waals surface area contributed by atoms with Gasteiger partial charge in [0.1, 0.15) is 16.4 Å². The number of carbonyl (C=O) groups is 1.